The number of hydrogen-bond acceptors (Lipinski definition) is 7. The molecule has 1 aromatic carbocycles. The zero-order chi connectivity index (χ0) is 22.1. The van der Waals surface area contributed by atoms with Gasteiger partial charge >= 0.3 is 5.97 Å². The molecule has 2 aromatic heterocycles. The van der Waals surface area contributed by atoms with E-state index in [0.717, 1.165) is 15.3 Å². The van der Waals surface area contributed by atoms with Crippen LogP contribution in [0.2, 0.25) is 0 Å². The number of carbonyl (C=O) groups excluding carboxylic acids is 2. The van der Waals surface area contributed by atoms with Gasteiger partial charge in [0.15, 0.2) is 18.1 Å². The first kappa shape index (κ1) is 22.6. The molecule has 0 atom stereocenters. The molecule has 0 bridgehead atoms. The summed E-state index contributed by atoms with van der Waals surface area (Å²) >= 11 is 2.98. The van der Waals surface area contributed by atoms with Gasteiger partial charge in [0.05, 0.1) is 19.8 Å². The lowest BCUT2D eigenvalue weighted by Crippen LogP contribution is -2.30. The van der Waals surface area contributed by atoms with Crippen molar-refractivity contribution < 1.29 is 23.8 Å². The fraction of sp³-hybridized carbons (Fsp3) is 0.217. The molecular formula is C23H23NO5S2. The Morgan fingerprint density at radius 2 is 1.77 bits per heavy atom. The van der Waals surface area contributed by atoms with E-state index >= 15 is 0 Å². The molecule has 0 saturated heterocycles. The van der Waals surface area contributed by atoms with Gasteiger partial charge in [-0.1, -0.05) is 18.2 Å². The van der Waals surface area contributed by atoms with Crippen molar-refractivity contribution in [1.82, 2.24) is 5.32 Å². The molecule has 0 aliphatic rings. The van der Waals surface area contributed by atoms with Crippen LogP contribution in [0.5, 0.6) is 11.5 Å². The Hall–Kier alpha value is -3.10. The molecule has 0 saturated carbocycles. The van der Waals surface area contributed by atoms with E-state index in [0.29, 0.717) is 30.0 Å². The number of thiophene rings is 2. The Balaban J connectivity index is 1.51. The predicted octanol–water partition coefficient (Wildman–Crippen LogP) is 4.27. The van der Waals surface area contributed by atoms with Gasteiger partial charge < -0.3 is 19.5 Å². The van der Waals surface area contributed by atoms with Crippen molar-refractivity contribution in [3.05, 3.63) is 68.5 Å². The smallest absolute Gasteiger partial charge is 0.340 e. The molecule has 31 heavy (non-hydrogen) atoms. The van der Waals surface area contributed by atoms with Gasteiger partial charge in [0, 0.05) is 16.3 Å². The van der Waals surface area contributed by atoms with Crippen LogP contribution in [0.25, 0.3) is 11.6 Å². The van der Waals surface area contributed by atoms with Crippen molar-refractivity contribution in [2.75, 3.05) is 27.4 Å². The normalized spacial score (nSPS) is 11.1. The molecule has 0 unspecified atom stereocenters. The van der Waals surface area contributed by atoms with Gasteiger partial charge in [0.25, 0.3) is 5.91 Å². The molecule has 8 heteroatoms. The Kier molecular flexibility index (Phi) is 8.26. The number of ether oxygens (including phenoxy) is 3. The second-order valence-corrected chi connectivity index (χ2v) is 8.34. The quantitative estimate of drug-likeness (QED) is 0.364. The number of hydrogen-bond donors (Lipinski definition) is 1. The van der Waals surface area contributed by atoms with Crippen LogP contribution in [0.3, 0.4) is 0 Å². The molecule has 1 amide bonds. The number of esters is 1. The SMILES string of the molecule is COc1ccc(CCNC(=O)COC(=O)C(=Cc2cccs2)c2cccs2)cc1OC. The number of nitrogens with one attached hydrogen (secondary N) is 1. The largest absolute Gasteiger partial charge is 0.493 e. The second-order valence-electron chi connectivity index (χ2n) is 6.42. The molecule has 0 fully saturated rings. The molecule has 0 aliphatic carbocycles. The highest BCUT2D eigenvalue weighted by Crippen LogP contribution is 2.28. The summed E-state index contributed by atoms with van der Waals surface area (Å²) in [6.07, 6.45) is 2.40. The minimum atomic E-state index is -0.522. The van der Waals surface area contributed by atoms with Crippen LogP contribution in [-0.2, 0) is 20.7 Å². The summed E-state index contributed by atoms with van der Waals surface area (Å²) in [5.41, 5.74) is 1.43. The van der Waals surface area contributed by atoms with Gasteiger partial charge in [-0.25, -0.2) is 4.79 Å². The van der Waals surface area contributed by atoms with E-state index in [-0.39, 0.29) is 12.5 Å². The van der Waals surface area contributed by atoms with Gasteiger partial charge in [-0.05, 0) is 53.1 Å². The lowest BCUT2D eigenvalue weighted by Gasteiger charge is -2.10. The molecule has 3 rings (SSSR count). The number of benzene rings is 1. The van der Waals surface area contributed by atoms with E-state index in [4.69, 9.17) is 14.2 Å². The first-order chi connectivity index (χ1) is 15.1. The van der Waals surface area contributed by atoms with Crippen LogP contribution in [-0.4, -0.2) is 39.2 Å². The van der Waals surface area contributed by atoms with Crippen LogP contribution in [0.1, 0.15) is 15.3 Å². The minimum absolute atomic E-state index is 0.335. The fourth-order valence-corrected chi connectivity index (χ4v) is 4.21. The standard InChI is InChI=1S/C23H23NO5S2/c1-27-19-8-7-16(13-20(19)28-2)9-10-24-22(25)15-29-23(26)18(21-6-4-12-31-21)14-17-5-3-11-30-17/h3-8,11-14H,9-10,15H2,1-2H3,(H,24,25). The van der Waals surface area contributed by atoms with Crippen LogP contribution < -0.4 is 14.8 Å². The zero-order valence-corrected chi connectivity index (χ0v) is 18.9. The minimum Gasteiger partial charge on any atom is -0.493 e. The topological polar surface area (TPSA) is 73.9 Å². The van der Waals surface area contributed by atoms with Crippen LogP contribution in [0.4, 0.5) is 0 Å². The fourth-order valence-electron chi connectivity index (χ4n) is 2.82. The maximum atomic E-state index is 12.6. The Morgan fingerprint density at radius 3 is 2.45 bits per heavy atom. The van der Waals surface area contributed by atoms with Crippen molar-refractivity contribution >= 4 is 46.2 Å². The van der Waals surface area contributed by atoms with Crippen molar-refractivity contribution in [2.24, 2.45) is 0 Å². The maximum Gasteiger partial charge on any atom is 0.340 e. The predicted molar refractivity (Wildman–Crippen MR) is 124 cm³/mol. The third-order valence-corrected chi connectivity index (χ3v) is 6.08. The van der Waals surface area contributed by atoms with E-state index in [1.807, 2.05) is 53.2 Å². The van der Waals surface area contributed by atoms with Gasteiger partial charge in [0.2, 0.25) is 0 Å². The molecule has 6 nitrogen and oxygen atoms in total. The number of rotatable bonds is 10. The molecule has 0 radical (unpaired) electrons. The Morgan fingerprint density at radius 1 is 1.00 bits per heavy atom. The molecular weight excluding hydrogens is 434 g/mol. The van der Waals surface area contributed by atoms with E-state index < -0.39 is 5.97 Å². The number of amides is 1. The molecule has 0 aliphatic heterocycles. The first-order valence-electron chi connectivity index (χ1n) is 9.54. The zero-order valence-electron chi connectivity index (χ0n) is 17.3. The van der Waals surface area contributed by atoms with E-state index in [9.17, 15) is 9.59 Å². The summed E-state index contributed by atoms with van der Waals surface area (Å²) in [5, 5.41) is 6.60. The van der Waals surface area contributed by atoms with E-state index in [1.165, 1.54) is 22.7 Å². The lowest BCUT2D eigenvalue weighted by atomic mass is 10.1. The highest BCUT2D eigenvalue weighted by atomic mass is 32.1. The summed E-state index contributed by atoms with van der Waals surface area (Å²) in [4.78, 5) is 26.5. The molecule has 2 heterocycles. The maximum absolute atomic E-state index is 12.6. The number of methoxy groups -OCH3 is 2. The van der Waals surface area contributed by atoms with Gasteiger partial charge in [-0.2, -0.15) is 0 Å². The molecule has 3 aromatic rings. The average molecular weight is 458 g/mol. The van der Waals surface area contributed by atoms with E-state index in [2.05, 4.69) is 5.32 Å². The van der Waals surface area contributed by atoms with Crippen LogP contribution >= 0.6 is 22.7 Å². The summed E-state index contributed by atoms with van der Waals surface area (Å²) < 4.78 is 15.8. The molecule has 1 N–H and O–H groups in total. The third kappa shape index (κ3) is 6.44. The second kappa shape index (κ2) is 11.3. The summed E-state index contributed by atoms with van der Waals surface area (Å²) in [6.45, 7) is 0.0760. The van der Waals surface area contributed by atoms with E-state index in [1.54, 1.807) is 20.3 Å². The van der Waals surface area contributed by atoms with Crippen LogP contribution in [0, 0.1) is 0 Å². The summed E-state index contributed by atoms with van der Waals surface area (Å²) in [6, 6.07) is 13.2. The third-order valence-electron chi connectivity index (χ3n) is 4.35. The monoisotopic (exact) mass is 457 g/mol. The summed E-state index contributed by atoms with van der Waals surface area (Å²) in [5.74, 6) is 0.416. The first-order valence-corrected chi connectivity index (χ1v) is 11.3. The highest BCUT2D eigenvalue weighted by molar-refractivity contribution is 7.12. The van der Waals surface area contributed by atoms with Crippen molar-refractivity contribution in [1.29, 1.82) is 0 Å². The van der Waals surface area contributed by atoms with Crippen LogP contribution in [0.15, 0.2) is 53.2 Å². The highest BCUT2D eigenvalue weighted by Gasteiger charge is 2.17. The summed E-state index contributed by atoms with van der Waals surface area (Å²) in [7, 11) is 3.16. The number of carbonyl (C=O) groups is 2. The van der Waals surface area contributed by atoms with Crippen molar-refractivity contribution in [3.8, 4) is 11.5 Å². The van der Waals surface area contributed by atoms with Gasteiger partial charge in [0.1, 0.15) is 0 Å². The average Bonchev–Trinajstić information content (AvgIpc) is 3.50. The van der Waals surface area contributed by atoms with Crippen molar-refractivity contribution in [3.63, 3.8) is 0 Å². The Labute approximate surface area is 189 Å². The molecule has 162 valence electrons. The van der Waals surface area contributed by atoms with Gasteiger partial charge in [-0.3, -0.25) is 4.79 Å². The lowest BCUT2D eigenvalue weighted by molar-refractivity contribution is -0.142. The van der Waals surface area contributed by atoms with Crippen molar-refractivity contribution in [2.45, 2.75) is 6.42 Å². The van der Waals surface area contributed by atoms with Gasteiger partial charge in [-0.15, -0.1) is 22.7 Å². The Bertz CT molecular complexity index is 1030. The molecule has 0 spiro atoms.